The van der Waals surface area contributed by atoms with Crippen molar-refractivity contribution < 1.29 is 13.9 Å². The molecule has 0 aliphatic heterocycles. The van der Waals surface area contributed by atoms with Crippen molar-refractivity contribution >= 4 is 5.69 Å². The van der Waals surface area contributed by atoms with Crippen molar-refractivity contribution in [2.24, 2.45) is 0 Å². The van der Waals surface area contributed by atoms with Crippen LogP contribution in [0, 0.1) is 5.82 Å². The van der Waals surface area contributed by atoms with Crippen LogP contribution in [0.1, 0.15) is 13.8 Å². The molecule has 0 spiro atoms. The topological polar surface area (TPSA) is 30.5 Å². The van der Waals surface area contributed by atoms with E-state index in [-0.39, 0.29) is 11.9 Å². The first-order valence-electron chi connectivity index (χ1n) is 5.91. The van der Waals surface area contributed by atoms with Gasteiger partial charge in [0.25, 0.3) is 0 Å². The van der Waals surface area contributed by atoms with Crippen LogP contribution in [0.25, 0.3) is 0 Å². The average Bonchev–Trinajstić information content (AvgIpc) is 2.32. The fourth-order valence-electron chi connectivity index (χ4n) is 1.39. The Morgan fingerprint density at radius 2 is 2.24 bits per heavy atom. The van der Waals surface area contributed by atoms with Crippen molar-refractivity contribution in [3.05, 3.63) is 30.1 Å². The molecule has 1 N–H and O–H groups in total. The van der Waals surface area contributed by atoms with Gasteiger partial charge < -0.3 is 14.8 Å². The summed E-state index contributed by atoms with van der Waals surface area (Å²) in [5.74, 6) is -0.236. The van der Waals surface area contributed by atoms with E-state index in [4.69, 9.17) is 9.47 Å². The van der Waals surface area contributed by atoms with Gasteiger partial charge in [-0.2, -0.15) is 0 Å². The third-order valence-corrected chi connectivity index (χ3v) is 2.21. The Bertz CT molecular complexity index is 320. The summed E-state index contributed by atoms with van der Waals surface area (Å²) in [6.45, 7) is 6.46. The number of benzene rings is 1. The molecule has 0 radical (unpaired) electrons. The van der Waals surface area contributed by atoms with E-state index < -0.39 is 0 Å². The number of nitrogens with one attached hydrogen (secondary N) is 1. The fourth-order valence-corrected chi connectivity index (χ4v) is 1.39. The summed E-state index contributed by atoms with van der Waals surface area (Å²) in [6.07, 6.45) is 0.0873. The Morgan fingerprint density at radius 3 is 2.94 bits per heavy atom. The van der Waals surface area contributed by atoms with Crippen LogP contribution in [0.5, 0.6) is 0 Å². The number of hydrogen-bond acceptors (Lipinski definition) is 3. The van der Waals surface area contributed by atoms with Crippen molar-refractivity contribution in [1.82, 2.24) is 0 Å². The average molecular weight is 241 g/mol. The summed E-state index contributed by atoms with van der Waals surface area (Å²) in [4.78, 5) is 0. The van der Waals surface area contributed by atoms with Gasteiger partial charge in [-0.05, 0) is 32.0 Å². The summed E-state index contributed by atoms with van der Waals surface area (Å²) < 4.78 is 23.6. The second-order valence-corrected chi connectivity index (χ2v) is 3.78. The van der Waals surface area contributed by atoms with Gasteiger partial charge in [0.15, 0.2) is 0 Å². The molecule has 1 rings (SSSR count). The SMILES string of the molecule is CCOCC(C)OCCNc1cccc(F)c1. The van der Waals surface area contributed by atoms with Crippen molar-refractivity contribution in [3.63, 3.8) is 0 Å². The summed E-state index contributed by atoms with van der Waals surface area (Å²) >= 11 is 0. The lowest BCUT2D eigenvalue weighted by Crippen LogP contribution is -2.20. The molecule has 0 heterocycles. The molecular formula is C13H20FNO2. The largest absolute Gasteiger partial charge is 0.383 e. The number of ether oxygens (including phenoxy) is 2. The summed E-state index contributed by atoms with van der Waals surface area (Å²) in [5.41, 5.74) is 0.770. The van der Waals surface area contributed by atoms with Gasteiger partial charge in [0, 0.05) is 18.8 Å². The van der Waals surface area contributed by atoms with E-state index in [1.165, 1.54) is 12.1 Å². The maximum Gasteiger partial charge on any atom is 0.125 e. The molecule has 0 amide bonds. The van der Waals surface area contributed by atoms with Crippen molar-refractivity contribution in [2.75, 3.05) is 31.7 Å². The Hall–Kier alpha value is -1.13. The first-order valence-corrected chi connectivity index (χ1v) is 5.91. The third kappa shape index (κ3) is 6.24. The highest BCUT2D eigenvalue weighted by Crippen LogP contribution is 2.08. The van der Waals surface area contributed by atoms with Gasteiger partial charge in [0.2, 0.25) is 0 Å². The van der Waals surface area contributed by atoms with E-state index in [0.717, 1.165) is 5.69 Å². The predicted molar refractivity (Wildman–Crippen MR) is 66.8 cm³/mol. The van der Waals surface area contributed by atoms with Crippen LogP contribution < -0.4 is 5.32 Å². The van der Waals surface area contributed by atoms with E-state index in [0.29, 0.717) is 26.4 Å². The number of halogens is 1. The van der Waals surface area contributed by atoms with E-state index >= 15 is 0 Å². The Balaban J connectivity index is 2.11. The van der Waals surface area contributed by atoms with Gasteiger partial charge in [-0.3, -0.25) is 0 Å². The van der Waals surface area contributed by atoms with Crippen molar-refractivity contribution in [1.29, 1.82) is 0 Å². The van der Waals surface area contributed by atoms with E-state index in [1.807, 2.05) is 19.9 Å². The predicted octanol–water partition coefficient (Wildman–Crippen LogP) is 2.68. The molecule has 0 aliphatic rings. The molecule has 0 fully saturated rings. The molecule has 4 heteroatoms. The zero-order valence-corrected chi connectivity index (χ0v) is 10.4. The summed E-state index contributed by atoms with van der Waals surface area (Å²) in [6, 6.07) is 6.39. The molecule has 17 heavy (non-hydrogen) atoms. The minimum Gasteiger partial charge on any atom is -0.383 e. The van der Waals surface area contributed by atoms with E-state index in [9.17, 15) is 4.39 Å². The standard InChI is InChI=1S/C13H20FNO2/c1-3-16-10-11(2)17-8-7-15-13-6-4-5-12(14)9-13/h4-6,9,11,15H,3,7-8,10H2,1-2H3. The third-order valence-electron chi connectivity index (χ3n) is 2.21. The smallest absolute Gasteiger partial charge is 0.125 e. The number of anilines is 1. The minimum absolute atomic E-state index is 0.0873. The number of hydrogen-bond donors (Lipinski definition) is 1. The highest BCUT2D eigenvalue weighted by Gasteiger charge is 2.01. The summed E-state index contributed by atoms with van der Waals surface area (Å²) in [5, 5.41) is 3.09. The highest BCUT2D eigenvalue weighted by atomic mass is 19.1. The van der Waals surface area contributed by atoms with Gasteiger partial charge >= 0.3 is 0 Å². The van der Waals surface area contributed by atoms with Gasteiger partial charge in [0.1, 0.15) is 5.82 Å². The Kier molecular flexibility index (Phi) is 6.58. The van der Waals surface area contributed by atoms with E-state index in [1.54, 1.807) is 6.07 Å². The minimum atomic E-state index is -0.236. The monoisotopic (exact) mass is 241 g/mol. The van der Waals surface area contributed by atoms with Crippen LogP contribution in [-0.4, -0.2) is 32.5 Å². The lowest BCUT2D eigenvalue weighted by atomic mass is 10.3. The molecule has 0 aromatic heterocycles. The molecule has 3 nitrogen and oxygen atoms in total. The lowest BCUT2D eigenvalue weighted by molar-refractivity contribution is 0.000869. The Morgan fingerprint density at radius 1 is 1.41 bits per heavy atom. The maximum absolute atomic E-state index is 12.9. The quantitative estimate of drug-likeness (QED) is 0.710. The molecule has 1 aromatic rings. The van der Waals surface area contributed by atoms with Gasteiger partial charge in [-0.25, -0.2) is 4.39 Å². The Labute approximate surface area is 102 Å². The zero-order chi connectivity index (χ0) is 12.5. The van der Waals surface area contributed by atoms with Crippen LogP contribution in [0.15, 0.2) is 24.3 Å². The number of rotatable bonds is 8. The molecule has 96 valence electrons. The summed E-state index contributed by atoms with van der Waals surface area (Å²) in [7, 11) is 0. The molecule has 0 saturated heterocycles. The second-order valence-electron chi connectivity index (χ2n) is 3.78. The molecule has 1 unspecified atom stereocenters. The maximum atomic E-state index is 12.9. The zero-order valence-electron chi connectivity index (χ0n) is 10.4. The second kappa shape index (κ2) is 8.03. The molecule has 0 saturated carbocycles. The lowest BCUT2D eigenvalue weighted by Gasteiger charge is -2.13. The van der Waals surface area contributed by atoms with Crippen LogP contribution in [0.2, 0.25) is 0 Å². The normalized spacial score (nSPS) is 12.4. The van der Waals surface area contributed by atoms with Gasteiger partial charge in [-0.1, -0.05) is 6.07 Å². The van der Waals surface area contributed by atoms with Gasteiger partial charge in [-0.15, -0.1) is 0 Å². The van der Waals surface area contributed by atoms with Crippen molar-refractivity contribution in [3.8, 4) is 0 Å². The first kappa shape index (κ1) is 13.9. The van der Waals surface area contributed by atoms with Crippen LogP contribution in [-0.2, 0) is 9.47 Å². The van der Waals surface area contributed by atoms with Crippen molar-refractivity contribution in [2.45, 2.75) is 20.0 Å². The molecular weight excluding hydrogens is 221 g/mol. The fraction of sp³-hybridized carbons (Fsp3) is 0.538. The molecule has 1 aromatic carbocycles. The van der Waals surface area contributed by atoms with Crippen LogP contribution in [0.3, 0.4) is 0 Å². The highest BCUT2D eigenvalue weighted by molar-refractivity contribution is 5.42. The van der Waals surface area contributed by atoms with E-state index in [2.05, 4.69) is 5.32 Å². The van der Waals surface area contributed by atoms with Crippen LogP contribution >= 0.6 is 0 Å². The van der Waals surface area contributed by atoms with Gasteiger partial charge in [0.05, 0.1) is 19.3 Å². The molecule has 0 bridgehead atoms. The molecule has 1 atom stereocenters. The first-order chi connectivity index (χ1) is 8.22. The van der Waals surface area contributed by atoms with Crippen LogP contribution in [0.4, 0.5) is 10.1 Å². The molecule has 0 aliphatic carbocycles.